The van der Waals surface area contributed by atoms with Gasteiger partial charge in [-0.1, -0.05) is 42.0 Å². The number of para-hydroxylation sites is 1. The van der Waals surface area contributed by atoms with Gasteiger partial charge in [0.25, 0.3) is 5.91 Å². The molecule has 5 heteroatoms. The Kier molecular flexibility index (Phi) is 5.25. The van der Waals surface area contributed by atoms with E-state index in [1.807, 2.05) is 43.3 Å². The molecular weight excluding hydrogens is 324 g/mol. The van der Waals surface area contributed by atoms with Crippen molar-refractivity contribution in [2.75, 3.05) is 5.32 Å². The van der Waals surface area contributed by atoms with Crippen LogP contribution in [-0.2, 0) is 6.54 Å². The summed E-state index contributed by atoms with van der Waals surface area (Å²) in [6.07, 6.45) is 1.57. The van der Waals surface area contributed by atoms with Gasteiger partial charge in [0.2, 0.25) is 0 Å². The number of nitrogens with zero attached hydrogens (tertiary/aromatic N) is 2. The number of amides is 1. The minimum atomic E-state index is -0.247. The topological polar surface area (TPSA) is 77.8 Å². The van der Waals surface area contributed by atoms with E-state index in [9.17, 15) is 10.1 Å². The van der Waals surface area contributed by atoms with Crippen LogP contribution < -0.4 is 10.6 Å². The number of hydrogen-bond donors (Lipinski definition) is 2. The predicted octanol–water partition coefficient (Wildman–Crippen LogP) is 3.94. The van der Waals surface area contributed by atoms with Crippen molar-refractivity contribution in [3.8, 4) is 6.07 Å². The van der Waals surface area contributed by atoms with Gasteiger partial charge in [-0.15, -0.1) is 0 Å². The Bertz CT molecular complexity index is 975. The van der Waals surface area contributed by atoms with Crippen molar-refractivity contribution >= 4 is 17.3 Å². The van der Waals surface area contributed by atoms with E-state index in [-0.39, 0.29) is 5.91 Å². The lowest BCUT2D eigenvalue weighted by Crippen LogP contribution is -2.23. The Morgan fingerprint density at radius 2 is 1.96 bits per heavy atom. The minimum absolute atomic E-state index is 0.247. The summed E-state index contributed by atoms with van der Waals surface area (Å²) < 4.78 is 0. The third-order valence-electron chi connectivity index (χ3n) is 3.85. The molecule has 128 valence electrons. The van der Waals surface area contributed by atoms with Crippen molar-refractivity contribution in [2.24, 2.45) is 0 Å². The molecular formula is C21H18N4O. The zero-order valence-electron chi connectivity index (χ0n) is 14.4. The van der Waals surface area contributed by atoms with Gasteiger partial charge in [-0.3, -0.25) is 9.78 Å². The SMILES string of the molecule is Cc1cccc(CNC(=O)c2cc(Nc3ccccc3C#N)ccn2)c1. The minimum Gasteiger partial charge on any atom is -0.354 e. The van der Waals surface area contributed by atoms with Gasteiger partial charge in [0.05, 0.1) is 11.3 Å². The van der Waals surface area contributed by atoms with Crippen LogP contribution in [0.1, 0.15) is 27.2 Å². The van der Waals surface area contributed by atoms with Crippen molar-refractivity contribution in [1.82, 2.24) is 10.3 Å². The molecule has 1 aromatic heterocycles. The van der Waals surface area contributed by atoms with E-state index in [0.717, 1.165) is 11.1 Å². The highest BCUT2D eigenvalue weighted by atomic mass is 16.1. The van der Waals surface area contributed by atoms with Crippen LogP contribution >= 0.6 is 0 Å². The molecule has 1 heterocycles. The van der Waals surface area contributed by atoms with Crippen molar-refractivity contribution in [3.05, 3.63) is 89.2 Å². The van der Waals surface area contributed by atoms with E-state index in [0.29, 0.717) is 29.2 Å². The van der Waals surface area contributed by atoms with Crippen molar-refractivity contribution in [2.45, 2.75) is 13.5 Å². The number of carbonyl (C=O) groups excluding carboxylic acids is 1. The zero-order chi connectivity index (χ0) is 18.4. The molecule has 0 aliphatic carbocycles. The largest absolute Gasteiger partial charge is 0.354 e. The molecule has 0 radical (unpaired) electrons. The van der Waals surface area contributed by atoms with Gasteiger partial charge >= 0.3 is 0 Å². The Morgan fingerprint density at radius 3 is 2.77 bits per heavy atom. The quantitative estimate of drug-likeness (QED) is 0.736. The average molecular weight is 342 g/mol. The van der Waals surface area contributed by atoms with Gasteiger partial charge in [-0.2, -0.15) is 5.26 Å². The summed E-state index contributed by atoms with van der Waals surface area (Å²) in [7, 11) is 0. The summed E-state index contributed by atoms with van der Waals surface area (Å²) >= 11 is 0. The van der Waals surface area contributed by atoms with Crippen LogP contribution in [0.4, 0.5) is 11.4 Å². The number of nitrogens with one attached hydrogen (secondary N) is 2. The van der Waals surface area contributed by atoms with E-state index in [4.69, 9.17) is 0 Å². The number of carbonyl (C=O) groups is 1. The normalized spacial score (nSPS) is 10.0. The monoisotopic (exact) mass is 342 g/mol. The van der Waals surface area contributed by atoms with Gasteiger partial charge in [0.1, 0.15) is 11.8 Å². The van der Waals surface area contributed by atoms with Gasteiger partial charge in [-0.25, -0.2) is 0 Å². The molecule has 5 nitrogen and oxygen atoms in total. The smallest absolute Gasteiger partial charge is 0.270 e. The molecule has 0 saturated carbocycles. The highest BCUT2D eigenvalue weighted by molar-refractivity contribution is 5.93. The molecule has 3 rings (SSSR count). The first kappa shape index (κ1) is 17.2. The van der Waals surface area contributed by atoms with Crippen molar-refractivity contribution in [1.29, 1.82) is 5.26 Å². The summed E-state index contributed by atoms with van der Waals surface area (Å²) in [4.78, 5) is 16.5. The lowest BCUT2D eigenvalue weighted by Gasteiger charge is -2.10. The number of rotatable bonds is 5. The van der Waals surface area contributed by atoms with Crippen molar-refractivity contribution in [3.63, 3.8) is 0 Å². The standard InChI is InChI=1S/C21H18N4O/c1-15-5-4-6-16(11-15)14-24-21(26)20-12-18(9-10-23-20)25-19-8-3-2-7-17(19)13-22/h2-12H,14H2,1H3,(H,23,25)(H,24,26). The molecule has 1 amide bonds. The van der Waals surface area contributed by atoms with E-state index < -0.39 is 0 Å². The Hall–Kier alpha value is -3.65. The average Bonchev–Trinajstić information content (AvgIpc) is 2.67. The van der Waals surface area contributed by atoms with Gasteiger partial charge in [0.15, 0.2) is 0 Å². The Balaban J connectivity index is 1.70. The highest BCUT2D eigenvalue weighted by Crippen LogP contribution is 2.20. The third kappa shape index (κ3) is 4.25. The maximum absolute atomic E-state index is 12.4. The fourth-order valence-electron chi connectivity index (χ4n) is 2.57. The molecule has 0 saturated heterocycles. The first-order valence-electron chi connectivity index (χ1n) is 8.21. The highest BCUT2D eigenvalue weighted by Gasteiger charge is 2.09. The Labute approximate surface area is 152 Å². The zero-order valence-corrected chi connectivity index (χ0v) is 14.4. The van der Waals surface area contributed by atoms with E-state index in [2.05, 4.69) is 21.7 Å². The summed E-state index contributed by atoms with van der Waals surface area (Å²) in [6.45, 7) is 2.46. The van der Waals surface area contributed by atoms with E-state index in [1.165, 1.54) is 0 Å². The van der Waals surface area contributed by atoms with E-state index in [1.54, 1.807) is 30.5 Å². The molecule has 0 aliphatic rings. The molecule has 0 atom stereocenters. The number of nitriles is 1. The summed E-state index contributed by atoms with van der Waals surface area (Å²) in [5.74, 6) is -0.247. The maximum atomic E-state index is 12.4. The van der Waals surface area contributed by atoms with E-state index >= 15 is 0 Å². The van der Waals surface area contributed by atoms with Crippen LogP contribution in [0.25, 0.3) is 0 Å². The second-order valence-corrected chi connectivity index (χ2v) is 5.88. The van der Waals surface area contributed by atoms with Gasteiger partial charge in [-0.05, 0) is 36.8 Å². The molecule has 0 aliphatic heterocycles. The maximum Gasteiger partial charge on any atom is 0.270 e. The number of aryl methyl sites for hydroxylation is 1. The van der Waals surface area contributed by atoms with Crippen LogP contribution in [0.3, 0.4) is 0 Å². The predicted molar refractivity (Wildman–Crippen MR) is 101 cm³/mol. The first-order chi connectivity index (χ1) is 12.7. The number of aromatic nitrogens is 1. The first-order valence-corrected chi connectivity index (χ1v) is 8.21. The van der Waals surface area contributed by atoms with Gasteiger partial charge in [0, 0.05) is 18.4 Å². The lowest BCUT2D eigenvalue weighted by molar-refractivity contribution is 0.0946. The fourth-order valence-corrected chi connectivity index (χ4v) is 2.57. The summed E-state index contributed by atoms with van der Waals surface area (Å²) in [5, 5.41) is 15.2. The third-order valence-corrected chi connectivity index (χ3v) is 3.85. The molecule has 2 aromatic carbocycles. The molecule has 2 N–H and O–H groups in total. The van der Waals surface area contributed by atoms with Crippen LogP contribution in [0.2, 0.25) is 0 Å². The summed E-state index contributed by atoms with van der Waals surface area (Å²) in [6, 6.07) is 20.7. The molecule has 0 spiro atoms. The molecule has 0 unspecified atom stereocenters. The van der Waals surface area contributed by atoms with Crippen LogP contribution in [0.5, 0.6) is 0 Å². The number of hydrogen-bond acceptors (Lipinski definition) is 4. The second-order valence-electron chi connectivity index (χ2n) is 5.88. The van der Waals surface area contributed by atoms with Crippen LogP contribution in [-0.4, -0.2) is 10.9 Å². The van der Waals surface area contributed by atoms with Crippen LogP contribution in [0, 0.1) is 18.3 Å². The second kappa shape index (κ2) is 7.95. The van der Waals surface area contributed by atoms with Crippen molar-refractivity contribution < 1.29 is 4.79 Å². The lowest BCUT2D eigenvalue weighted by atomic mass is 10.1. The molecule has 0 fully saturated rings. The fraction of sp³-hybridized carbons (Fsp3) is 0.0952. The van der Waals surface area contributed by atoms with Crippen LogP contribution in [0.15, 0.2) is 66.9 Å². The van der Waals surface area contributed by atoms with Gasteiger partial charge < -0.3 is 10.6 Å². The molecule has 3 aromatic rings. The molecule has 26 heavy (non-hydrogen) atoms. The number of benzene rings is 2. The molecule has 0 bridgehead atoms. The number of pyridine rings is 1. The number of anilines is 2. The summed E-state index contributed by atoms with van der Waals surface area (Å²) in [5.41, 5.74) is 4.43. The Morgan fingerprint density at radius 1 is 1.12 bits per heavy atom.